The highest BCUT2D eigenvalue weighted by Crippen LogP contribution is 2.38. The predicted octanol–water partition coefficient (Wildman–Crippen LogP) is 3.46. The van der Waals surface area contributed by atoms with Crippen LogP contribution in [-0.2, 0) is 17.6 Å². The van der Waals surface area contributed by atoms with Gasteiger partial charge in [-0.25, -0.2) is 0 Å². The van der Waals surface area contributed by atoms with Crippen LogP contribution < -0.4 is 14.8 Å². The summed E-state index contributed by atoms with van der Waals surface area (Å²) < 4.78 is 11.1. The first kappa shape index (κ1) is 15.3. The molecule has 4 nitrogen and oxygen atoms in total. The Kier molecular flexibility index (Phi) is 4.07. The van der Waals surface area contributed by atoms with E-state index in [1.165, 1.54) is 11.1 Å². The van der Waals surface area contributed by atoms with Crippen molar-refractivity contribution in [1.29, 1.82) is 0 Å². The first-order valence-corrected chi connectivity index (χ1v) is 8.53. The summed E-state index contributed by atoms with van der Waals surface area (Å²) in [5.74, 6) is 1.17. The normalized spacial score (nSPS) is 18.1. The zero-order chi connectivity index (χ0) is 16.5. The standard InChI is InChI=1S/C19H18ClNO3/c20-15-9-12(10-17-19(15)24-8-7-23-17)11-18(22)21-16-6-5-13-3-1-2-4-14(13)16/h1-4,9-10,16H,5-8,11H2,(H,21,22). The number of benzene rings is 2. The van der Waals surface area contributed by atoms with E-state index in [0.29, 0.717) is 29.7 Å². The summed E-state index contributed by atoms with van der Waals surface area (Å²) >= 11 is 6.23. The molecule has 1 aliphatic heterocycles. The summed E-state index contributed by atoms with van der Waals surface area (Å²) in [7, 11) is 0. The van der Waals surface area contributed by atoms with E-state index < -0.39 is 0 Å². The molecular formula is C19H18ClNO3. The number of halogens is 1. The van der Waals surface area contributed by atoms with Crippen LogP contribution in [0.1, 0.15) is 29.2 Å². The lowest BCUT2D eigenvalue weighted by molar-refractivity contribution is -0.121. The molecule has 1 amide bonds. The minimum atomic E-state index is -0.00977. The number of rotatable bonds is 3. The molecule has 0 fully saturated rings. The highest BCUT2D eigenvalue weighted by atomic mass is 35.5. The molecule has 0 radical (unpaired) electrons. The monoisotopic (exact) mass is 343 g/mol. The molecule has 124 valence electrons. The Bertz CT molecular complexity index is 790. The lowest BCUT2D eigenvalue weighted by Crippen LogP contribution is -2.28. The fourth-order valence-corrected chi connectivity index (χ4v) is 3.69. The molecule has 2 aromatic carbocycles. The quantitative estimate of drug-likeness (QED) is 0.928. The summed E-state index contributed by atoms with van der Waals surface area (Å²) in [5, 5.41) is 3.62. The molecule has 0 bridgehead atoms. The lowest BCUT2D eigenvalue weighted by Gasteiger charge is -2.20. The van der Waals surface area contributed by atoms with Gasteiger partial charge in [-0.3, -0.25) is 4.79 Å². The number of aryl methyl sites for hydroxylation is 1. The van der Waals surface area contributed by atoms with Gasteiger partial charge in [-0.15, -0.1) is 0 Å². The van der Waals surface area contributed by atoms with Crippen molar-refractivity contribution in [2.24, 2.45) is 0 Å². The second-order valence-electron chi connectivity index (χ2n) is 6.14. The highest BCUT2D eigenvalue weighted by molar-refractivity contribution is 6.32. The van der Waals surface area contributed by atoms with E-state index in [1.54, 1.807) is 6.07 Å². The van der Waals surface area contributed by atoms with Gasteiger partial charge in [-0.05, 0) is 41.7 Å². The fourth-order valence-electron chi connectivity index (χ4n) is 3.40. The first-order chi connectivity index (χ1) is 11.7. The molecule has 2 aromatic rings. The highest BCUT2D eigenvalue weighted by Gasteiger charge is 2.24. The average molecular weight is 344 g/mol. The average Bonchev–Trinajstić information content (AvgIpc) is 2.98. The number of carbonyl (C=O) groups is 1. The maximum atomic E-state index is 12.4. The fraction of sp³-hybridized carbons (Fsp3) is 0.316. The second kappa shape index (κ2) is 6.36. The van der Waals surface area contributed by atoms with Crippen molar-refractivity contribution in [1.82, 2.24) is 5.32 Å². The van der Waals surface area contributed by atoms with Crippen LogP contribution in [0.15, 0.2) is 36.4 Å². The first-order valence-electron chi connectivity index (χ1n) is 8.16. The maximum absolute atomic E-state index is 12.4. The topological polar surface area (TPSA) is 47.6 Å². The molecule has 0 aromatic heterocycles. The molecule has 1 N–H and O–H groups in total. The van der Waals surface area contributed by atoms with Gasteiger partial charge in [0.05, 0.1) is 17.5 Å². The molecule has 5 heteroatoms. The van der Waals surface area contributed by atoms with E-state index >= 15 is 0 Å². The van der Waals surface area contributed by atoms with Gasteiger partial charge in [-0.2, -0.15) is 0 Å². The van der Waals surface area contributed by atoms with Crippen molar-refractivity contribution >= 4 is 17.5 Å². The smallest absolute Gasteiger partial charge is 0.224 e. The van der Waals surface area contributed by atoms with E-state index in [0.717, 1.165) is 18.4 Å². The third kappa shape index (κ3) is 2.94. The van der Waals surface area contributed by atoms with Crippen LogP contribution in [0.3, 0.4) is 0 Å². The van der Waals surface area contributed by atoms with Gasteiger partial charge >= 0.3 is 0 Å². The van der Waals surface area contributed by atoms with Crippen LogP contribution >= 0.6 is 11.6 Å². The third-order valence-electron chi connectivity index (χ3n) is 4.49. The molecule has 1 unspecified atom stereocenters. The Labute approximate surface area is 145 Å². The third-order valence-corrected chi connectivity index (χ3v) is 4.77. The van der Waals surface area contributed by atoms with Gasteiger partial charge in [0, 0.05) is 0 Å². The number of hydrogen-bond acceptors (Lipinski definition) is 3. The summed E-state index contributed by atoms with van der Waals surface area (Å²) in [4.78, 5) is 12.4. The Morgan fingerprint density at radius 3 is 2.96 bits per heavy atom. The molecule has 4 rings (SSSR count). The summed E-state index contributed by atoms with van der Waals surface area (Å²) in [6, 6.07) is 12.0. The summed E-state index contributed by atoms with van der Waals surface area (Å²) in [6.07, 6.45) is 2.24. The van der Waals surface area contributed by atoms with Crippen molar-refractivity contribution in [3.05, 3.63) is 58.1 Å². The second-order valence-corrected chi connectivity index (χ2v) is 6.54. The number of nitrogens with one attached hydrogen (secondary N) is 1. The van der Waals surface area contributed by atoms with Crippen molar-refractivity contribution in [3.8, 4) is 11.5 Å². The van der Waals surface area contributed by atoms with Crippen LogP contribution in [0.2, 0.25) is 5.02 Å². The molecule has 1 aliphatic carbocycles. The Morgan fingerprint density at radius 1 is 1.21 bits per heavy atom. The van der Waals surface area contributed by atoms with E-state index in [2.05, 4.69) is 17.4 Å². The molecule has 1 heterocycles. The van der Waals surface area contributed by atoms with Crippen LogP contribution in [0.4, 0.5) is 0 Å². The summed E-state index contributed by atoms with van der Waals surface area (Å²) in [5.41, 5.74) is 3.38. The minimum Gasteiger partial charge on any atom is -0.486 e. The summed E-state index contributed by atoms with van der Waals surface area (Å²) in [6.45, 7) is 0.992. The van der Waals surface area contributed by atoms with Gasteiger partial charge in [0.2, 0.25) is 5.91 Å². The van der Waals surface area contributed by atoms with Crippen LogP contribution in [0.5, 0.6) is 11.5 Å². The van der Waals surface area contributed by atoms with E-state index in [4.69, 9.17) is 21.1 Å². The maximum Gasteiger partial charge on any atom is 0.224 e. The van der Waals surface area contributed by atoms with Gasteiger partial charge in [0.15, 0.2) is 11.5 Å². The van der Waals surface area contributed by atoms with Gasteiger partial charge in [0.25, 0.3) is 0 Å². The number of amides is 1. The molecule has 2 aliphatic rings. The van der Waals surface area contributed by atoms with Crippen LogP contribution in [0.25, 0.3) is 0 Å². The zero-order valence-electron chi connectivity index (χ0n) is 13.2. The Balaban J connectivity index is 1.46. The molecule has 0 saturated carbocycles. The van der Waals surface area contributed by atoms with Crippen molar-refractivity contribution in [2.45, 2.75) is 25.3 Å². The van der Waals surface area contributed by atoms with E-state index in [9.17, 15) is 4.79 Å². The van der Waals surface area contributed by atoms with E-state index in [-0.39, 0.29) is 18.4 Å². The number of hydrogen-bond donors (Lipinski definition) is 1. The number of fused-ring (bicyclic) bond motifs is 2. The molecule has 0 spiro atoms. The van der Waals surface area contributed by atoms with Crippen LogP contribution in [-0.4, -0.2) is 19.1 Å². The number of ether oxygens (including phenoxy) is 2. The molecule has 24 heavy (non-hydrogen) atoms. The van der Waals surface area contributed by atoms with Crippen LogP contribution in [0, 0.1) is 0 Å². The molecule has 0 saturated heterocycles. The minimum absolute atomic E-state index is 0.00977. The Hall–Kier alpha value is -2.20. The SMILES string of the molecule is O=C(Cc1cc(Cl)c2c(c1)OCCO2)NC1CCc2ccccc21. The number of carbonyl (C=O) groups excluding carboxylic acids is 1. The largest absolute Gasteiger partial charge is 0.486 e. The molecule has 1 atom stereocenters. The van der Waals surface area contributed by atoms with Gasteiger partial charge in [-0.1, -0.05) is 35.9 Å². The van der Waals surface area contributed by atoms with Gasteiger partial charge < -0.3 is 14.8 Å². The van der Waals surface area contributed by atoms with Gasteiger partial charge in [0.1, 0.15) is 13.2 Å². The predicted molar refractivity (Wildman–Crippen MR) is 91.8 cm³/mol. The molecular weight excluding hydrogens is 326 g/mol. The van der Waals surface area contributed by atoms with Crippen molar-refractivity contribution < 1.29 is 14.3 Å². The van der Waals surface area contributed by atoms with E-state index in [1.807, 2.05) is 18.2 Å². The van der Waals surface area contributed by atoms with Crippen molar-refractivity contribution in [2.75, 3.05) is 13.2 Å². The Morgan fingerprint density at radius 2 is 2.04 bits per heavy atom. The zero-order valence-corrected chi connectivity index (χ0v) is 13.9. The van der Waals surface area contributed by atoms with Crippen molar-refractivity contribution in [3.63, 3.8) is 0 Å². The lowest BCUT2D eigenvalue weighted by atomic mass is 10.1.